The van der Waals surface area contributed by atoms with Gasteiger partial charge in [-0.1, -0.05) is 41.5 Å². The van der Waals surface area contributed by atoms with Crippen LogP contribution in [0, 0.1) is 0 Å². The van der Waals surface area contributed by atoms with Gasteiger partial charge >= 0.3 is 0 Å². The first kappa shape index (κ1) is 29.3. The molecule has 3 aromatic carbocycles. The van der Waals surface area contributed by atoms with Crippen molar-refractivity contribution < 1.29 is 19.3 Å². The fourth-order valence-corrected chi connectivity index (χ4v) is 2.84. The molecule has 0 saturated carbocycles. The number of hydrogen-bond donors (Lipinski definition) is 2. The molecule has 3 N–H and O–H groups in total. The maximum atomic E-state index is 8.77. The Hall–Kier alpha value is -3.71. The lowest BCUT2D eigenvalue weighted by molar-refractivity contribution is 0.280. The molecule has 0 amide bonds. The van der Waals surface area contributed by atoms with Crippen molar-refractivity contribution in [1.82, 2.24) is 0 Å². The van der Waals surface area contributed by atoms with Crippen molar-refractivity contribution in [3.05, 3.63) is 99.9 Å². The Morgan fingerprint density at radius 3 is 1.60 bits per heavy atom. The fraction of sp³-hybridized carbons (Fsp3) is 0.333. The second kappa shape index (κ2) is 18.7. The smallest absolute Gasteiger partial charge is 0.119 e. The van der Waals surface area contributed by atoms with Gasteiger partial charge in [-0.05, 0) is 79.4 Å². The number of azide groups is 1. The van der Waals surface area contributed by atoms with Crippen LogP contribution >= 0.6 is 0 Å². The van der Waals surface area contributed by atoms with Crippen molar-refractivity contribution in [2.75, 3.05) is 19.8 Å². The monoisotopic (exact) mass is 480 g/mol. The van der Waals surface area contributed by atoms with E-state index < -0.39 is 0 Å². The van der Waals surface area contributed by atoms with Gasteiger partial charge < -0.3 is 25.1 Å². The molecule has 0 aliphatic rings. The van der Waals surface area contributed by atoms with Crippen molar-refractivity contribution in [2.45, 2.75) is 40.5 Å². The van der Waals surface area contributed by atoms with Crippen molar-refractivity contribution >= 4 is 0 Å². The molecule has 8 heteroatoms. The Morgan fingerprint density at radius 2 is 1.17 bits per heavy atom. The summed E-state index contributed by atoms with van der Waals surface area (Å²) in [6.07, 6.45) is 0. The van der Waals surface area contributed by atoms with E-state index in [-0.39, 0.29) is 6.61 Å². The van der Waals surface area contributed by atoms with Crippen LogP contribution < -0.4 is 19.9 Å². The summed E-state index contributed by atoms with van der Waals surface area (Å²) < 4.78 is 15.8. The minimum atomic E-state index is 0.0704. The Kier molecular flexibility index (Phi) is 15.7. The van der Waals surface area contributed by atoms with Crippen molar-refractivity contribution in [2.24, 2.45) is 10.8 Å². The highest BCUT2D eigenvalue weighted by atomic mass is 16.5. The summed E-state index contributed by atoms with van der Waals surface area (Å²) in [5.41, 5.74) is 16.5. The summed E-state index contributed by atoms with van der Waals surface area (Å²) in [7, 11) is 0. The molecule has 188 valence electrons. The van der Waals surface area contributed by atoms with Crippen LogP contribution in [-0.4, -0.2) is 24.9 Å². The molecule has 0 atom stereocenters. The van der Waals surface area contributed by atoms with Crippen molar-refractivity contribution in [3.8, 4) is 17.2 Å². The normalized spacial score (nSPS) is 9.40. The molecule has 0 spiro atoms. The third kappa shape index (κ3) is 12.9. The Bertz CT molecular complexity index is 974. The fourth-order valence-electron chi connectivity index (χ4n) is 2.84. The molecule has 0 bridgehead atoms. The number of ether oxygens (including phenoxy) is 3. The summed E-state index contributed by atoms with van der Waals surface area (Å²) in [4.78, 5) is 2.69. The first-order valence-electron chi connectivity index (χ1n) is 11.6. The summed E-state index contributed by atoms with van der Waals surface area (Å²) >= 11 is 0. The van der Waals surface area contributed by atoms with E-state index in [4.69, 9.17) is 30.6 Å². The third-order valence-electron chi connectivity index (χ3n) is 4.36. The molecular weight excluding hydrogens is 444 g/mol. The number of benzene rings is 3. The molecule has 3 aromatic rings. The maximum Gasteiger partial charge on any atom is 0.119 e. The number of nitrogens with two attached hydrogens (primary N) is 1. The topological polar surface area (TPSA) is 123 Å². The maximum absolute atomic E-state index is 8.77. The van der Waals surface area contributed by atoms with Crippen LogP contribution in [0.1, 0.15) is 37.5 Å². The second-order valence-electron chi connectivity index (χ2n) is 6.99. The minimum Gasteiger partial charge on any atom is -0.494 e. The molecule has 8 nitrogen and oxygen atoms in total. The Morgan fingerprint density at radius 1 is 0.743 bits per heavy atom. The molecular formula is C27H36N4O4. The van der Waals surface area contributed by atoms with Gasteiger partial charge in [-0.15, -0.1) is 0 Å². The van der Waals surface area contributed by atoms with E-state index in [9.17, 15) is 0 Å². The SMILES string of the molecule is CCOc1cccc(CN)c1.CCOc1cccc(CN=[N+]=[N-])c1.CCOc1cccc(CO)c1. The van der Waals surface area contributed by atoms with Crippen LogP contribution in [0.4, 0.5) is 0 Å². The lowest BCUT2D eigenvalue weighted by atomic mass is 10.2. The zero-order valence-corrected chi connectivity index (χ0v) is 20.8. The molecule has 0 aliphatic carbocycles. The van der Waals surface area contributed by atoms with Gasteiger partial charge in [0.2, 0.25) is 0 Å². The van der Waals surface area contributed by atoms with Crippen LogP contribution in [0.5, 0.6) is 17.2 Å². The predicted octanol–water partition coefficient (Wildman–Crippen LogP) is 6.02. The molecule has 0 unspecified atom stereocenters. The van der Waals surface area contributed by atoms with Crippen LogP contribution in [-0.2, 0) is 19.7 Å². The average Bonchev–Trinajstić information content (AvgIpc) is 2.89. The van der Waals surface area contributed by atoms with Gasteiger partial charge in [-0.2, -0.15) is 0 Å². The van der Waals surface area contributed by atoms with Crippen molar-refractivity contribution in [3.63, 3.8) is 0 Å². The highest BCUT2D eigenvalue weighted by molar-refractivity contribution is 5.29. The summed E-state index contributed by atoms with van der Waals surface area (Å²) in [5.74, 6) is 2.53. The Labute approximate surface area is 207 Å². The van der Waals surface area contributed by atoms with E-state index in [2.05, 4.69) is 10.0 Å². The lowest BCUT2D eigenvalue weighted by Crippen LogP contribution is -1.97. The quantitative estimate of drug-likeness (QED) is 0.209. The van der Waals surface area contributed by atoms with Crippen molar-refractivity contribution in [1.29, 1.82) is 0 Å². The number of aliphatic hydroxyl groups excluding tert-OH is 1. The molecule has 0 aliphatic heterocycles. The van der Waals surface area contributed by atoms with E-state index in [0.29, 0.717) is 32.9 Å². The minimum absolute atomic E-state index is 0.0704. The van der Waals surface area contributed by atoms with E-state index in [1.165, 1.54) is 0 Å². The average molecular weight is 481 g/mol. The molecule has 0 radical (unpaired) electrons. The summed E-state index contributed by atoms with van der Waals surface area (Å²) in [6, 6.07) is 22.8. The molecule has 0 heterocycles. The van der Waals surface area contributed by atoms with Gasteiger partial charge in [-0.25, -0.2) is 0 Å². The van der Waals surface area contributed by atoms with Gasteiger partial charge in [0.1, 0.15) is 17.2 Å². The largest absolute Gasteiger partial charge is 0.494 e. The van der Waals surface area contributed by atoms with Gasteiger partial charge in [0.05, 0.1) is 33.0 Å². The summed E-state index contributed by atoms with van der Waals surface area (Å²) in [5, 5.41) is 12.2. The predicted molar refractivity (Wildman–Crippen MR) is 139 cm³/mol. The van der Waals surface area contributed by atoms with E-state index in [1.807, 2.05) is 93.6 Å². The van der Waals surface area contributed by atoms with Gasteiger partial charge in [0.25, 0.3) is 0 Å². The summed E-state index contributed by atoms with van der Waals surface area (Å²) in [6.45, 7) is 8.86. The first-order valence-corrected chi connectivity index (χ1v) is 11.6. The van der Waals surface area contributed by atoms with Crippen LogP contribution in [0.15, 0.2) is 77.9 Å². The zero-order chi connectivity index (χ0) is 25.7. The molecule has 0 saturated heterocycles. The highest BCUT2D eigenvalue weighted by Gasteiger charge is 1.95. The number of nitrogens with zero attached hydrogens (tertiary/aromatic N) is 3. The van der Waals surface area contributed by atoms with Crippen LogP contribution in [0.25, 0.3) is 10.4 Å². The molecule has 35 heavy (non-hydrogen) atoms. The Balaban J connectivity index is 0.000000264. The lowest BCUT2D eigenvalue weighted by Gasteiger charge is -2.03. The van der Waals surface area contributed by atoms with E-state index in [0.717, 1.165) is 33.9 Å². The standard InChI is InChI=1S/C9H11N3O.C9H13NO.C9H12O2/c1-2-13-9-5-3-4-8(6-9)7-11-12-10;2*1-2-11-9-5-3-4-8(6-9)7-10/h3-6H,2,7H2,1H3;3-6H,2,7,10H2,1H3;3-6,10H,2,7H2,1H3. The highest BCUT2D eigenvalue weighted by Crippen LogP contribution is 2.14. The zero-order valence-electron chi connectivity index (χ0n) is 20.8. The van der Waals surface area contributed by atoms with E-state index >= 15 is 0 Å². The van der Waals surface area contributed by atoms with Gasteiger partial charge in [-0.3, -0.25) is 0 Å². The van der Waals surface area contributed by atoms with Crippen LogP contribution in [0.3, 0.4) is 0 Å². The number of aliphatic hydroxyl groups is 1. The van der Waals surface area contributed by atoms with Crippen LogP contribution in [0.2, 0.25) is 0 Å². The molecule has 0 fully saturated rings. The number of hydrogen-bond acceptors (Lipinski definition) is 6. The third-order valence-corrected chi connectivity index (χ3v) is 4.36. The second-order valence-corrected chi connectivity index (χ2v) is 6.99. The molecule has 3 rings (SSSR count). The van der Waals surface area contributed by atoms with E-state index in [1.54, 1.807) is 0 Å². The number of rotatable bonds is 10. The first-order chi connectivity index (χ1) is 17.1. The molecule has 0 aromatic heterocycles. The van der Waals surface area contributed by atoms with Gasteiger partial charge in [0, 0.05) is 11.5 Å². The van der Waals surface area contributed by atoms with Gasteiger partial charge in [0.15, 0.2) is 0 Å².